The summed E-state index contributed by atoms with van der Waals surface area (Å²) in [6.45, 7) is 3.65. The maximum absolute atomic E-state index is 13.5. The number of ether oxygens (including phenoxy) is 1. The molecule has 2 fully saturated rings. The molecular formula is C24H27N9O4. The predicted molar refractivity (Wildman–Crippen MR) is 125 cm³/mol. The fraction of sp³-hybridized carbons (Fsp3) is 0.500. The summed E-state index contributed by atoms with van der Waals surface area (Å²) in [5, 5.41) is 19.7. The zero-order chi connectivity index (χ0) is 25.4. The number of hydrogen-bond donors (Lipinski definition) is 0. The Morgan fingerprint density at radius 1 is 1.14 bits per heavy atom. The van der Waals surface area contributed by atoms with Gasteiger partial charge in [-0.3, -0.25) is 9.69 Å². The first kappa shape index (κ1) is 23.4. The van der Waals surface area contributed by atoms with Crippen molar-refractivity contribution >= 4 is 11.9 Å². The van der Waals surface area contributed by atoms with Crippen LogP contribution in [0.1, 0.15) is 50.6 Å². The van der Waals surface area contributed by atoms with E-state index in [0.717, 1.165) is 43.5 Å². The number of aromatic nitrogens is 7. The Kier molecular flexibility index (Phi) is 5.99. The van der Waals surface area contributed by atoms with Crippen LogP contribution in [-0.4, -0.2) is 76.3 Å². The maximum atomic E-state index is 13.5. The van der Waals surface area contributed by atoms with Crippen LogP contribution in [0.15, 0.2) is 46.6 Å². The van der Waals surface area contributed by atoms with Crippen LogP contribution in [-0.2, 0) is 27.4 Å². The summed E-state index contributed by atoms with van der Waals surface area (Å²) in [6, 6.07) is 3.98. The van der Waals surface area contributed by atoms with Gasteiger partial charge >= 0.3 is 5.97 Å². The van der Waals surface area contributed by atoms with E-state index in [4.69, 9.17) is 9.15 Å². The van der Waals surface area contributed by atoms with E-state index in [2.05, 4.69) is 35.6 Å². The maximum Gasteiger partial charge on any atom is 0.336 e. The first-order valence-electron chi connectivity index (χ1n) is 12.4. The molecule has 1 amide bonds. The van der Waals surface area contributed by atoms with Gasteiger partial charge < -0.3 is 14.1 Å². The Morgan fingerprint density at radius 3 is 2.65 bits per heavy atom. The number of carbonyl (C=O) groups is 2. The molecule has 37 heavy (non-hydrogen) atoms. The van der Waals surface area contributed by atoms with Crippen LogP contribution in [0.25, 0.3) is 5.82 Å². The highest BCUT2D eigenvalue weighted by Gasteiger charge is 2.50. The highest BCUT2D eigenvalue weighted by atomic mass is 16.5. The Hall–Kier alpha value is -4.00. The van der Waals surface area contributed by atoms with Crippen molar-refractivity contribution < 1.29 is 18.7 Å². The van der Waals surface area contributed by atoms with Crippen LogP contribution in [0.3, 0.4) is 0 Å². The van der Waals surface area contributed by atoms with Crippen LogP contribution < -0.4 is 0 Å². The van der Waals surface area contributed by atoms with E-state index in [1.54, 1.807) is 24.3 Å². The first-order chi connectivity index (χ1) is 18.0. The van der Waals surface area contributed by atoms with Crippen molar-refractivity contribution in [3.63, 3.8) is 0 Å². The lowest BCUT2D eigenvalue weighted by Gasteiger charge is -2.40. The number of likely N-dealkylation sites (tertiary alicyclic amines) is 1. The number of hydrogen-bond acceptors (Lipinski definition) is 11. The average Bonchev–Trinajstić information content (AvgIpc) is 3.73. The van der Waals surface area contributed by atoms with Crippen molar-refractivity contribution in [3.05, 3.63) is 53.8 Å². The van der Waals surface area contributed by atoms with Gasteiger partial charge in [0.25, 0.3) is 0 Å². The van der Waals surface area contributed by atoms with E-state index in [-0.39, 0.29) is 29.9 Å². The van der Waals surface area contributed by atoms with E-state index >= 15 is 0 Å². The molecule has 1 spiro atoms. The molecule has 2 aliphatic heterocycles. The molecule has 5 heterocycles. The molecule has 0 bridgehead atoms. The number of cyclic esters (lactones) is 1. The molecule has 3 aromatic heterocycles. The van der Waals surface area contributed by atoms with Crippen molar-refractivity contribution in [2.24, 2.45) is 5.41 Å². The molecule has 0 unspecified atom stereocenters. The molecule has 0 aromatic carbocycles. The summed E-state index contributed by atoms with van der Waals surface area (Å²) in [7, 11) is 0. The van der Waals surface area contributed by atoms with Crippen LogP contribution in [0, 0.1) is 5.41 Å². The minimum absolute atomic E-state index is 0.127. The van der Waals surface area contributed by atoms with E-state index < -0.39 is 0 Å². The standard InChI is InChI=1S/C24H27N9O4/c1-16-19(14-37-22(16)34)32-10-8-24(23(32)35)6-4-18(5-7-24)31(13-21-25-9-11-36-21)12-17-2-3-20(28-27-17)33-15-26-29-30-33/h2-3,9,11,15,18H,4-8,10,12-14H2,1H3. The quantitative estimate of drug-likeness (QED) is 0.430. The van der Waals surface area contributed by atoms with Crippen LogP contribution >= 0.6 is 0 Å². The molecule has 0 atom stereocenters. The Balaban J connectivity index is 1.15. The number of esters is 1. The number of nitrogens with zero attached hydrogens (tertiary/aromatic N) is 9. The van der Waals surface area contributed by atoms with Crippen LogP contribution in [0.2, 0.25) is 0 Å². The summed E-state index contributed by atoms with van der Waals surface area (Å²) >= 11 is 0. The molecule has 1 saturated carbocycles. The minimum atomic E-state index is -0.378. The summed E-state index contributed by atoms with van der Waals surface area (Å²) in [5.74, 6) is 0.970. The highest BCUT2D eigenvalue weighted by Crippen LogP contribution is 2.47. The molecule has 13 nitrogen and oxygen atoms in total. The number of tetrazole rings is 1. The lowest BCUT2D eigenvalue weighted by Crippen LogP contribution is -2.43. The number of oxazole rings is 1. The van der Waals surface area contributed by atoms with E-state index in [1.165, 1.54) is 11.0 Å². The van der Waals surface area contributed by atoms with Gasteiger partial charge in [0.15, 0.2) is 5.82 Å². The number of rotatable bonds is 7. The average molecular weight is 506 g/mol. The van der Waals surface area contributed by atoms with E-state index in [0.29, 0.717) is 36.9 Å². The first-order valence-corrected chi connectivity index (χ1v) is 12.4. The van der Waals surface area contributed by atoms with Gasteiger partial charge in [-0.25, -0.2) is 9.78 Å². The van der Waals surface area contributed by atoms with Gasteiger partial charge in [0.2, 0.25) is 11.8 Å². The molecule has 1 aliphatic carbocycles. The molecule has 0 N–H and O–H groups in total. The van der Waals surface area contributed by atoms with E-state index in [1.807, 2.05) is 12.1 Å². The lowest BCUT2D eigenvalue weighted by molar-refractivity contribution is -0.138. The SMILES string of the molecule is CC1=C(N2CCC3(CCC(N(Cc4ccc(-n5cnnn5)nn4)Cc4ncco4)CC3)C2=O)COC1=O. The van der Waals surface area contributed by atoms with Crippen molar-refractivity contribution in [3.8, 4) is 5.82 Å². The monoisotopic (exact) mass is 505 g/mol. The fourth-order valence-electron chi connectivity index (χ4n) is 5.66. The van der Waals surface area contributed by atoms with Gasteiger partial charge in [-0.2, -0.15) is 9.78 Å². The molecule has 1 saturated heterocycles. The van der Waals surface area contributed by atoms with Gasteiger partial charge in [-0.1, -0.05) is 0 Å². The van der Waals surface area contributed by atoms with Gasteiger partial charge in [0.1, 0.15) is 19.2 Å². The van der Waals surface area contributed by atoms with Crippen molar-refractivity contribution in [2.75, 3.05) is 13.2 Å². The lowest BCUT2D eigenvalue weighted by atomic mass is 9.71. The minimum Gasteiger partial charge on any atom is -0.456 e. The van der Waals surface area contributed by atoms with Crippen molar-refractivity contribution in [1.29, 1.82) is 0 Å². The van der Waals surface area contributed by atoms with Crippen molar-refractivity contribution in [2.45, 2.75) is 58.2 Å². The third-order valence-corrected chi connectivity index (χ3v) is 7.82. The highest BCUT2D eigenvalue weighted by molar-refractivity contribution is 5.94. The molecule has 192 valence electrons. The molecule has 13 heteroatoms. The Bertz CT molecular complexity index is 1300. The van der Waals surface area contributed by atoms with Gasteiger partial charge in [-0.05, 0) is 61.6 Å². The summed E-state index contributed by atoms with van der Waals surface area (Å²) in [5.41, 5.74) is 1.70. The summed E-state index contributed by atoms with van der Waals surface area (Å²) in [4.78, 5) is 33.8. The number of amides is 1. The summed E-state index contributed by atoms with van der Waals surface area (Å²) < 4.78 is 12.1. The molecule has 6 rings (SSSR count). The molecule has 3 aliphatic rings. The largest absolute Gasteiger partial charge is 0.456 e. The smallest absolute Gasteiger partial charge is 0.336 e. The Morgan fingerprint density at radius 2 is 2.00 bits per heavy atom. The van der Waals surface area contributed by atoms with Crippen LogP contribution in [0.4, 0.5) is 0 Å². The topological polar surface area (TPSA) is 145 Å². The predicted octanol–water partition coefficient (Wildman–Crippen LogP) is 1.43. The normalized spacial score (nSPS) is 24.1. The third-order valence-electron chi connectivity index (χ3n) is 7.82. The zero-order valence-corrected chi connectivity index (χ0v) is 20.5. The second-order valence-corrected chi connectivity index (χ2v) is 9.83. The zero-order valence-electron chi connectivity index (χ0n) is 20.5. The van der Waals surface area contributed by atoms with Gasteiger partial charge in [0.05, 0.1) is 35.1 Å². The Labute approximate surface area is 212 Å². The second kappa shape index (κ2) is 9.47. The molecule has 3 aromatic rings. The summed E-state index contributed by atoms with van der Waals surface area (Å²) in [6.07, 6.45) is 8.80. The third kappa shape index (κ3) is 4.39. The van der Waals surface area contributed by atoms with Gasteiger partial charge in [-0.15, -0.1) is 10.2 Å². The fourth-order valence-corrected chi connectivity index (χ4v) is 5.66. The van der Waals surface area contributed by atoms with E-state index in [9.17, 15) is 9.59 Å². The number of carbonyl (C=O) groups excluding carboxylic acids is 2. The van der Waals surface area contributed by atoms with Gasteiger partial charge in [0, 0.05) is 19.1 Å². The second-order valence-electron chi connectivity index (χ2n) is 9.83. The molecule has 0 radical (unpaired) electrons. The molecular weight excluding hydrogens is 478 g/mol. The van der Waals surface area contributed by atoms with Crippen molar-refractivity contribution in [1.82, 2.24) is 45.2 Å². The van der Waals surface area contributed by atoms with Crippen LogP contribution in [0.5, 0.6) is 0 Å².